The first-order chi connectivity index (χ1) is 4.88. The van der Waals surface area contributed by atoms with Crippen molar-refractivity contribution in [3.05, 3.63) is 35.0 Å². The lowest BCUT2D eigenvalue weighted by Gasteiger charge is -1.91. The Morgan fingerprint density at radius 1 is 1.80 bits per heavy atom. The third-order valence-corrected chi connectivity index (χ3v) is 2.10. The van der Waals surface area contributed by atoms with Gasteiger partial charge in [0.2, 0.25) is 0 Å². The van der Waals surface area contributed by atoms with E-state index in [9.17, 15) is 0 Å². The van der Waals surface area contributed by atoms with Crippen LogP contribution in [0.2, 0.25) is 0 Å². The molecule has 52 valence electrons. The van der Waals surface area contributed by atoms with E-state index in [2.05, 4.69) is 11.6 Å². The lowest BCUT2D eigenvalue weighted by molar-refractivity contribution is 1.45. The van der Waals surface area contributed by atoms with Crippen molar-refractivity contribution in [2.75, 3.05) is 7.05 Å². The molecule has 1 aromatic heterocycles. The molecule has 0 aliphatic carbocycles. The third-order valence-electron chi connectivity index (χ3n) is 1.21. The lowest BCUT2D eigenvalue weighted by Crippen LogP contribution is -1.89. The van der Waals surface area contributed by atoms with Gasteiger partial charge in [-0.05, 0) is 17.5 Å². The zero-order chi connectivity index (χ0) is 7.40. The van der Waals surface area contributed by atoms with Crippen molar-refractivity contribution in [1.82, 2.24) is 0 Å². The van der Waals surface area contributed by atoms with Crippen molar-refractivity contribution in [2.24, 2.45) is 4.99 Å². The molecule has 1 nitrogen and oxygen atoms in total. The first kappa shape index (κ1) is 7.22. The van der Waals surface area contributed by atoms with Gasteiger partial charge >= 0.3 is 0 Å². The van der Waals surface area contributed by atoms with Crippen LogP contribution in [-0.2, 0) is 0 Å². The van der Waals surface area contributed by atoms with Gasteiger partial charge in [-0.15, -0.1) is 11.3 Å². The predicted octanol–water partition coefficient (Wildman–Crippen LogP) is 2.35. The maximum Gasteiger partial charge on any atom is 0.0736 e. The summed E-state index contributed by atoms with van der Waals surface area (Å²) in [5.74, 6) is 0. The summed E-state index contributed by atoms with van der Waals surface area (Å²) in [4.78, 5) is 5.24. The maximum atomic E-state index is 4.06. The second kappa shape index (κ2) is 3.32. The Bertz CT molecular complexity index is 234. The molecule has 0 atom stereocenters. The fraction of sp³-hybridized carbons (Fsp3) is 0.125. The van der Waals surface area contributed by atoms with E-state index >= 15 is 0 Å². The standard InChI is InChI=1S/C8H9NS/c1-3-7(9-2)8-5-4-6-10-8/h3-6H,1H2,2H3. The van der Waals surface area contributed by atoms with Crippen molar-refractivity contribution in [3.63, 3.8) is 0 Å². The number of thiophene rings is 1. The Balaban J connectivity index is 2.95. The van der Waals surface area contributed by atoms with Crippen LogP contribution in [0.4, 0.5) is 0 Å². The molecule has 2 heteroatoms. The molecule has 0 aliphatic heterocycles. The number of hydrogen-bond donors (Lipinski definition) is 0. The highest BCUT2D eigenvalue weighted by atomic mass is 32.1. The van der Waals surface area contributed by atoms with E-state index in [4.69, 9.17) is 0 Å². The molecular formula is C8H9NS. The van der Waals surface area contributed by atoms with E-state index in [0.29, 0.717) is 0 Å². The predicted molar refractivity (Wildman–Crippen MR) is 47.0 cm³/mol. The summed E-state index contributed by atoms with van der Waals surface area (Å²) in [6.45, 7) is 3.66. The monoisotopic (exact) mass is 151 g/mol. The quantitative estimate of drug-likeness (QED) is 0.575. The SMILES string of the molecule is C=CC(=NC)c1cccs1. The van der Waals surface area contributed by atoms with Crippen LogP contribution >= 0.6 is 11.3 Å². The van der Waals surface area contributed by atoms with Crippen LogP contribution in [0.25, 0.3) is 0 Å². The fourth-order valence-electron chi connectivity index (χ4n) is 0.726. The number of rotatable bonds is 2. The van der Waals surface area contributed by atoms with Gasteiger partial charge in [0.25, 0.3) is 0 Å². The number of aliphatic imine (C=N–C) groups is 1. The van der Waals surface area contributed by atoms with Crippen LogP contribution in [-0.4, -0.2) is 12.8 Å². The zero-order valence-corrected chi connectivity index (χ0v) is 6.69. The number of hydrogen-bond acceptors (Lipinski definition) is 2. The smallest absolute Gasteiger partial charge is 0.0736 e. The summed E-state index contributed by atoms with van der Waals surface area (Å²) in [7, 11) is 1.77. The molecule has 0 aliphatic rings. The number of allylic oxidation sites excluding steroid dienone is 1. The molecule has 0 spiro atoms. The highest BCUT2D eigenvalue weighted by Gasteiger charge is 1.95. The third kappa shape index (κ3) is 1.33. The average Bonchev–Trinajstić information content (AvgIpc) is 2.43. The second-order valence-corrected chi connectivity index (χ2v) is 2.74. The molecule has 0 unspecified atom stereocenters. The van der Waals surface area contributed by atoms with E-state index in [1.54, 1.807) is 24.5 Å². The Kier molecular flexibility index (Phi) is 2.40. The topological polar surface area (TPSA) is 12.4 Å². The van der Waals surface area contributed by atoms with Gasteiger partial charge in [0, 0.05) is 7.05 Å². The summed E-state index contributed by atoms with van der Waals surface area (Å²) in [6.07, 6.45) is 1.77. The molecule has 1 rings (SSSR count). The summed E-state index contributed by atoms with van der Waals surface area (Å²) in [5.41, 5.74) is 0.968. The molecule has 0 radical (unpaired) electrons. The van der Waals surface area contributed by atoms with Crippen LogP contribution < -0.4 is 0 Å². The highest BCUT2D eigenvalue weighted by molar-refractivity contribution is 7.12. The minimum atomic E-state index is 0.968. The van der Waals surface area contributed by atoms with Crippen molar-refractivity contribution < 1.29 is 0 Å². The van der Waals surface area contributed by atoms with E-state index < -0.39 is 0 Å². The first-order valence-corrected chi connectivity index (χ1v) is 3.89. The molecular weight excluding hydrogens is 142 g/mol. The number of nitrogens with zero attached hydrogens (tertiary/aromatic N) is 1. The van der Waals surface area contributed by atoms with Gasteiger partial charge in [-0.25, -0.2) is 0 Å². The van der Waals surface area contributed by atoms with Gasteiger partial charge in [-0.1, -0.05) is 12.6 Å². The fourth-order valence-corrected chi connectivity index (χ4v) is 1.48. The van der Waals surface area contributed by atoms with Crippen molar-refractivity contribution in [1.29, 1.82) is 0 Å². The minimum Gasteiger partial charge on any atom is -0.287 e. The molecule has 1 aromatic rings. The van der Waals surface area contributed by atoms with E-state index in [-0.39, 0.29) is 0 Å². The Hall–Kier alpha value is -0.890. The first-order valence-electron chi connectivity index (χ1n) is 3.01. The van der Waals surface area contributed by atoms with E-state index in [1.807, 2.05) is 17.5 Å². The summed E-state index contributed by atoms with van der Waals surface area (Å²) in [6, 6.07) is 4.04. The van der Waals surface area contributed by atoms with Crippen LogP contribution in [0.15, 0.2) is 35.2 Å². The molecule has 1 heterocycles. The minimum absolute atomic E-state index is 0.968. The Morgan fingerprint density at radius 2 is 2.60 bits per heavy atom. The van der Waals surface area contributed by atoms with Crippen molar-refractivity contribution in [3.8, 4) is 0 Å². The van der Waals surface area contributed by atoms with Crippen molar-refractivity contribution >= 4 is 17.0 Å². The summed E-state index contributed by atoms with van der Waals surface area (Å²) < 4.78 is 0. The lowest BCUT2D eigenvalue weighted by atomic mass is 10.3. The second-order valence-electron chi connectivity index (χ2n) is 1.79. The summed E-state index contributed by atoms with van der Waals surface area (Å²) >= 11 is 1.68. The normalized spacial score (nSPS) is 11.5. The molecule has 0 bridgehead atoms. The highest BCUT2D eigenvalue weighted by Crippen LogP contribution is 2.09. The van der Waals surface area contributed by atoms with Gasteiger partial charge in [-0.3, -0.25) is 4.99 Å². The largest absolute Gasteiger partial charge is 0.287 e. The molecule has 10 heavy (non-hydrogen) atoms. The van der Waals surface area contributed by atoms with Gasteiger partial charge in [0.05, 0.1) is 10.6 Å². The van der Waals surface area contributed by atoms with Crippen LogP contribution in [0.5, 0.6) is 0 Å². The van der Waals surface area contributed by atoms with E-state index in [0.717, 1.165) is 5.71 Å². The van der Waals surface area contributed by atoms with Crippen LogP contribution in [0.1, 0.15) is 4.88 Å². The Morgan fingerprint density at radius 3 is 3.00 bits per heavy atom. The van der Waals surface area contributed by atoms with Gasteiger partial charge in [-0.2, -0.15) is 0 Å². The molecule has 0 saturated carbocycles. The Labute approximate surface area is 64.7 Å². The molecule has 0 saturated heterocycles. The maximum absolute atomic E-state index is 4.06. The van der Waals surface area contributed by atoms with Crippen molar-refractivity contribution in [2.45, 2.75) is 0 Å². The molecule has 0 aromatic carbocycles. The van der Waals surface area contributed by atoms with Crippen LogP contribution in [0, 0.1) is 0 Å². The molecule has 0 fully saturated rings. The van der Waals surface area contributed by atoms with E-state index in [1.165, 1.54) is 4.88 Å². The van der Waals surface area contributed by atoms with Crippen LogP contribution in [0.3, 0.4) is 0 Å². The molecule has 0 N–H and O–H groups in total. The van der Waals surface area contributed by atoms with Gasteiger partial charge in [0.1, 0.15) is 0 Å². The summed E-state index contributed by atoms with van der Waals surface area (Å²) in [5, 5.41) is 2.03. The van der Waals surface area contributed by atoms with Gasteiger partial charge in [0.15, 0.2) is 0 Å². The van der Waals surface area contributed by atoms with Gasteiger partial charge < -0.3 is 0 Å². The zero-order valence-electron chi connectivity index (χ0n) is 5.87. The average molecular weight is 151 g/mol. The molecule has 0 amide bonds.